The fourth-order valence-electron chi connectivity index (χ4n) is 1.85. The second-order valence-corrected chi connectivity index (χ2v) is 4.00. The summed E-state index contributed by atoms with van der Waals surface area (Å²) in [6, 6.07) is -0.532. The highest BCUT2D eigenvalue weighted by molar-refractivity contribution is 5.93. The van der Waals surface area contributed by atoms with Crippen molar-refractivity contribution in [3.63, 3.8) is 0 Å². The number of carbonyl (C=O) groups is 2. The highest BCUT2D eigenvalue weighted by Gasteiger charge is 2.26. The molecule has 1 atom stereocenters. The van der Waals surface area contributed by atoms with Crippen LogP contribution in [0.4, 0.5) is 5.82 Å². The average Bonchev–Trinajstić information content (AvgIpc) is 2.74. The third kappa shape index (κ3) is 2.86. The predicted molar refractivity (Wildman–Crippen MR) is 70.8 cm³/mol. The molecule has 1 aromatic heterocycles. The molecule has 0 bridgehead atoms. The normalized spacial score (nSPS) is 12.0. The van der Waals surface area contributed by atoms with Gasteiger partial charge in [0.15, 0.2) is 5.69 Å². The van der Waals surface area contributed by atoms with Gasteiger partial charge in [-0.05, 0) is 13.8 Å². The molecule has 0 radical (unpaired) electrons. The first-order valence-corrected chi connectivity index (χ1v) is 6.23. The zero-order valence-corrected chi connectivity index (χ0v) is 11.7. The number of nitrogens with zero attached hydrogens (tertiary/aromatic N) is 2. The molecule has 1 aromatic rings. The van der Waals surface area contributed by atoms with E-state index in [2.05, 4.69) is 10.3 Å². The highest BCUT2D eigenvalue weighted by Crippen LogP contribution is 2.22. The van der Waals surface area contributed by atoms with Crippen LogP contribution in [-0.2, 0) is 16.0 Å². The number of nitrogens with one attached hydrogen (secondary N) is 1. The quantitative estimate of drug-likeness (QED) is 0.758. The van der Waals surface area contributed by atoms with Gasteiger partial charge in [0.1, 0.15) is 17.7 Å². The summed E-state index contributed by atoms with van der Waals surface area (Å²) < 4.78 is 6.45. The number of ether oxygens (including phenoxy) is 1. The third-order valence-electron chi connectivity index (χ3n) is 2.82. The van der Waals surface area contributed by atoms with E-state index in [0.29, 0.717) is 12.2 Å². The monoisotopic (exact) mass is 268 g/mol. The van der Waals surface area contributed by atoms with E-state index in [-0.39, 0.29) is 24.0 Å². The first-order valence-electron chi connectivity index (χ1n) is 6.23. The molecule has 0 saturated heterocycles. The number of nitrogens with two attached hydrogens (primary N) is 1. The Kier molecular flexibility index (Phi) is 4.91. The van der Waals surface area contributed by atoms with Gasteiger partial charge in [0.2, 0.25) is 5.91 Å². The maximum absolute atomic E-state index is 11.7. The van der Waals surface area contributed by atoms with Gasteiger partial charge in [0.05, 0.1) is 6.61 Å². The van der Waals surface area contributed by atoms with Crippen molar-refractivity contribution >= 4 is 17.7 Å². The van der Waals surface area contributed by atoms with Crippen LogP contribution in [0.25, 0.3) is 0 Å². The molecule has 1 heterocycles. The summed E-state index contributed by atoms with van der Waals surface area (Å²) in [6.45, 7) is 5.53. The summed E-state index contributed by atoms with van der Waals surface area (Å²) >= 11 is 0. The first-order chi connectivity index (χ1) is 8.97. The number of likely N-dealkylation sites (N-methyl/N-ethyl adjacent to an activating group) is 1. The van der Waals surface area contributed by atoms with Gasteiger partial charge in [-0.25, -0.2) is 9.78 Å². The molecule has 0 saturated carbocycles. The standard InChI is InChI=1S/C12H20N4O3/c1-5-8-15-9(12(18)19-6-2)10(13)16(8)7(3)11(17)14-4/h7H,5-6,13H2,1-4H3,(H,14,17). The number of anilines is 1. The lowest BCUT2D eigenvalue weighted by atomic mass is 10.3. The number of carbonyl (C=O) groups excluding carboxylic acids is 2. The van der Waals surface area contributed by atoms with E-state index in [1.165, 1.54) is 0 Å². The van der Waals surface area contributed by atoms with Crippen molar-refractivity contribution < 1.29 is 14.3 Å². The number of aryl methyl sites for hydroxylation is 1. The molecular formula is C12H20N4O3. The molecule has 1 unspecified atom stereocenters. The first kappa shape index (κ1) is 15.0. The molecular weight excluding hydrogens is 248 g/mol. The van der Waals surface area contributed by atoms with Crippen molar-refractivity contribution in [3.8, 4) is 0 Å². The molecule has 106 valence electrons. The number of imidazole rings is 1. The summed E-state index contributed by atoms with van der Waals surface area (Å²) in [5.41, 5.74) is 5.99. The molecule has 1 rings (SSSR count). The smallest absolute Gasteiger partial charge is 0.360 e. The van der Waals surface area contributed by atoms with Crippen LogP contribution in [-0.4, -0.2) is 35.1 Å². The Morgan fingerprint density at radius 2 is 2.11 bits per heavy atom. The Morgan fingerprint density at radius 1 is 1.47 bits per heavy atom. The minimum atomic E-state index is -0.572. The predicted octanol–water partition coefficient (Wildman–Crippen LogP) is 0.511. The summed E-state index contributed by atoms with van der Waals surface area (Å²) in [4.78, 5) is 27.6. The Labute approximate surface area is 112 Å². The lowest BCUT2D eigenvalue weighted by Gasteiger charge is -2.16. The van der Waals surface area contributed by atoms with Gasteiger partial charge < -0.3 is 20.4 Å². The fourth-order valence-corrected chi connectivity index (χ4v) is 1.85. The summed E-state index contributed by atoms with van der Waals surface area (Å²) in [7, 11) is 1.55. The second-order valence-electron chi connectivity index (χ2n) is 4.00. The van der Waals surface area contributed by atoms with Crippen molar-refractivity contribution in [1.29, 1.82) is 0 Å². The van der Waals surface area contributed by atoms with Crippen LogP contribution in [0, 0.1) is 0 Å². The summed E-state index contributed by atoms with van der Waals surface area (Å²) in [6.07, 6.45) is 0.560. The Balaban J connectivity index is 3.24. The van der Waals surface area contributed by atoms with Crippen LogP contribution < -0.4 is 11.1 Å². The zero-order valence-electron chi connectivity index (χ0n) is 11.7. The molecule has 0 aromatic carbocycles. The maximum Gasteiger partial charge on any atom is 0.360 e. The second kappa shape index (κ2) is 6.21. The van der Waals surface area contributed by atoms with Gasteiger partial charge in [-0.3, -0.25) is 4.79 Å². The van der Waals surface area contributed by atoms with E-state index in [1.807, 2.05) is 6.92 Å². The molecule has 7 heteroatoms. The van der Waals surface area contributed by atoms with E-state index in [0.717, 1.165) is 0 Å². The Morgan fingerprint density at radius 3 is 2.58 bits per heavy atom. The zero-order chi connectivity index (χ0) is 14.6. The third-order valence-corrected chi connectivity index (χ3v) is 2.82. The molecule has 3 N–H and O–H groups in total. The van der Waals surface area contributed by atoms with E-state index in [4.69, 9.17) is 10.5 Å². The number of amides is 1. The highest BCUT2D eigenvalue weighted by atomic mass is 16.5. The fraction of sp³-hybridized carbons (Fsp3) is 0.583. The SMILES string of the molecule is CCOC(=O)c1nc(CC)n(C(C)C(=O)NC)c1N. The van der Waals surface area contributed by atoms with Crippen LogP contribution in [0.5, 0.6) is 0 Å². The number of rotatable bonds is 5. The number of hydrogen-bond donors (Lipinski definition) is 2. The van der Waals surface area contributed by atoms with Crippen LogP contribution in [0.2, 0.25) is 0 Å². The van der Waals surface area contributed by atoms with Gasteiger partial charge >= 0.3 is 5.97 Å². The van der Waals surface area contributed by atoms with Gasteiger partial charge in [-0.15, -0.1) is 0 Å². The molecule has 19 heavy (non-hydrogen) atoms. The molecule has 0 fully saturated rings. The lowest BCUT2D eigenvalue weighted by Crippen LogP contribution is -2.29. The number of esters is 1. The largest absolute Gasteiger partial charge is 0.461 e. The molecule has 0 aliphatic rings. The van der Waals surface area contributed by atoms with Crippen LogP contribution >= 0.6 is 0 Å². The summed E-state index contributed by atoms with van der Waals surface area (Å²) in [5.74, 6) is -0.0326. The van der Waals surface area contributed by atoms with Gasteiger partial charge in [-0.2, -0.15) is 0 Å². The van der Waals surface area contributed by atoms with Crippen LogP contribution in [0.15, 0.2) is 0 Å². The number of hydrogen-bond acceptors (Lipinski definition) is 5. The molecule has 0 aliphatic heterocycles. The van der Waals surface area contributed by atoms with Gasteiger partial charge in [0, 0.05) is 13.5 Å². The van der Waals surface area contributed by atoms with Crippen molar-refractivity contribution in [2.24, 2.45) is 0 Å². The van der Waals surface area contributed by atoms with Gasteiger partial charge in [0.25, 0.3) is 0 Å². The van der Waals surface area contributed by atoms with E-state index >= 15 is 0 Å². The van der Waals surface area contributed by atoms with Gasteiger partial charge in [-0.1, -0.05) is 6.92 Å². The summed E-state index contributed by atoms with van der Waals surface area (Å²) in [5, 5.41) is 2.55. The van der Waals surface area contributed by atoms with E-state index < -0.39 is 12.0 Å². The Hall–Kier alpha value is -2.05. The average molecular weight is 268 g/mol. The van der Waals surface area contributed by atoms with Crippen LogP contribution in [0.3, 0.4) is 0 Å². The molecule has 7 nitrogen and oxygen atoms in total. The molecule has 1 amide bonds. The van der Waals surface area contributed by atoms with Crippen molar-refractivity contribution in [1.82, 2.24) is 14.9 Å². The van der Waals surface area contributed by atoms with E-state index in [1.54, 1.807) is 25.5 Å². The molecule has 0 aliphatic carbocycles. The van der Waals surface area contributed by atoms with Crippen molar-refractivity contribution in [2.45, 2.75) is 33.2 Å². The topological polar surface area (TPSA) is 99.2 Å². The molecule has 0 spiro atoms. The minimum absolute atomic E-state index is 0.0643. The van der Waals surface area contributed by atoms with Crippen molar-refractivity contribution in [3.05, 3.63) is 11.5 Å². The maximum atomic E-state index is 11.7. The minimum Gasteiger partial charge on any atom is -0.461 e. The number of aromatic nitrogens is 2. The lowest BCUT2D eigenvalue weighted by molar-refractivity contribution is -0.123. The Bertz CT molecular complexity index is 482. The van der Waals surface area contributed by atoms with Crippen molar-refractivity contribution in [2.75, 3.05) is 19.4 Å². The number of nitrogen functional groups attached to an aromatic ring is 1. The van der Waals surface area contributed by atoms with E-state index in [9.17, 15) is 9.59 Å². The van der Waals surface area contributed by atoms with Crippen LogP contribution in [0.1, 0.15) is 43.1 Å².